The van der Waals surface area contributed by atoms with E-state index < -0.39 is 0 Å². The molecule has 4 nitrogen and oxygen atoms in total. The Balaban J connectivity index is 1.88. The Morgan fingerprint density at radius 2 is 2.17 bits per heavy atom. The van der Waals surface area contributed by atoms with E-state index in [4.69, 9.17) is 0 Å². The summed E-state index contributed by atoms with van der Waals surface area (Å²) in [4.78, 5) is 12.5. The molecule has 0 saturated carbocycles. The number of para-hydroxylation sites is 1. The SMILES string of the molecule is O=C(Cc1cccs1)NN=Cc1ccccc1O. The maximum absolute atomic E-state index is 11.5. The summed E-state index contributed by atoms with van der Waals surface area (Å²) in [5.41, 5.74) is 2.99. The molecule has 1 heterocycles. The second-order valence-corrected chi connectivity index (χ2v) is 4.64. The minimum atomic E-state index is -0.177. The fourth-order valence-corrected chi connectivity index (χ4v) is 2.08. The van der Waals surface area contributed by atoms with E-state index in [-0.39, 0.29) is 11.7 Å². The fourth-order valence-electron chi connectivity index (χ4n) is 1.38. The third kappa shape index (κ3) is 3.43. The minimum absolute atomic E-state index is 0.133. The van der Waals surface area contributed by atoms with E-state index in [1.807, 2.05) is 17.5 Å². The van der Waals surface area contributed by atoms with E-state index in [1.54, 1.807) is 24.3 Å². The smallest absolute Gasteiger partial charge is 0.245 e. The van der Waals surface area contributed by atoms with Crippen LogP contribution in [0.2, 0.25) is 0 Å². The van der Waals surface area contributed by atoms with Gasteiger partial charge in [-0.3, -0.25) is 4.79 Å². The molecular weight excluding hydrogens is 248 g/mol. The van der Waals surface area contributed by atoms with E-state index in [1.165, 1.54) is 17.6 Å². The summed E-state index contributed by atoms with van der Waals surface area (Å²) in [7, 11) is 0. The van der Waals surface area contributed by atoms with Crippen molar-refractivity contribution in [2.75, 3.05) is 0 Å². The zero-order valence-corrected chi connectivity index (χ0v) is 10.4. The first-order chi connectivity index (χ1) is 8.75. The summed E-state index contributed by atoms with van der Waals surface area (Å²) in [6, 6.07) is 10.6. The largest absolute Gasteiger partial charge is 0.507 e. The zero-order chi connectivity index (χ0) is 12.8. The van der Waals surface area contributed by atoms with Crippen LogP contribution in [0, 0.1) is 0 Å². The number of amides is 1. The Labute approximate surface area is 109 Å². The first-order valence-electron chi connectivity index (χ1n) is 5.38. The molecule has 18 heavy (non-hydrogen) atoms. The lowest BCUT2D eigenvalue weighted by molar-refractivity contribution is -0.120. The lowest BCUT2D eigenvalue weighted by Crippen LogP contribution is -2.19. The number of hydrogen-bond acceptors (Lipinski definition) is 4. The standard InChI is InChI=1S/C13H12N2O2S/c16-12-6-2-1-4-10(12)9-14-15-13(17)8-11-5-3-7-18-11/h1-7,9,16H,8H2,(H,15,17). The van der Waals surface area contributed by atoms with Crippen LogP contribution < -0.4 is 5.43 Å². The number of nitrogens with one attached hydrogen (secondary N) is 1. The van der Waals surface area contributed by atoms with Gasteiger partial charge in [0.25, 0.3) is 0 Å². The highest BCUT2D eigenvalue weighted by molar-refractivity contribution is 7.10. The topological polar surface area (TPSA) is 61.7 Å². The molecule has 0 spiro atoms. The number of phenolic OH excluding ortho intramolecular Hbond substituents is 1. The molecule has 0 fully saturated rings. The van der Waals surface area contributed by atoms with Crippen molar-refractivity contribution in [3.8, 4) is 5.75 Å². The predicted octanol–water partition coefficient (Wildman–Crippen LogP) is 2.15. The molecule has 0 aliphatic rings. The molecule has 0 atom stereocenters. The Hall–Kier alpha value is -2.14. The van der Waals surface area contributed by atoms with Gasteiger partial charge >= 0.3 is 0 Å². The number of benzene rings is 1. The first kappa shape index (κ1) is 12.3. The highest BCUT2D eigenvalue weighted by atomic mass is 32.1. The van der Waals surface area contributed by atoms with Crippen LogP contribution in [-0.2, 0) is 11.2 Å². The van der Waals surface area contributed by atoms with E-state index in [2.05, 4.69) is 10.5 Å². The van der Waals surface area contributed by atoms with Gasteiger partial charge in [0, 0.05) is 10.4 Å². The maximum atomic E-state index is 11.5. The van der Waals surface area contributed by atoms with Crippen molar-refractivity contribution in [2.45, 2.75) is 6.42 Å². The molecular formula is C13H12N2O2S. The lowest BCUT2D eigenvalue weighted by atomic mass is 10.2. The second-order valence-electron chi connectivity index (χ2n) is 3.61. The average Bonchev–Trinajstić information content (AvgIpc) is 2.84. The van der Waals surface area contributed by atoms with Gasteiger partial charge in [-0.25, -0.2) is 5.43 Å². The molecule has 2 N–H and O–H groups in total. The number of hydrogen-bond donors (Lipinski definition) is 2. The van der Waals surface area contributed by atoms with E-state index >= 15 is 0 Å². The maximum Gasteiger partial charge on any atom is 0.245 e. The van der Waals surface area contributed by atoms with E-state index in [0.717, 1.165) is 4.88 Å². The van der Waals surface area contributed by atoms with Gasteiger partial charge in [0.05, 0.1) is 12.6 Å². The molecule has 0 saturated heterocycles. The molecule has 1 amide bonds. The molecule has 0 bridgehead atoms. The third-order valence-electron chi connectivity index (χ3n) is 2.24. The van der Waals surface area contributed by atoms with Gasteiger partial charge in [-0.15, -0.1) is 11.3 Å². The number of rotatable bonds is 4. The highest BCUT2D eigenvalue weighted by Gasteiger charge is 2.02. The van der Waals surface area contributed by atoms with Crippen molar-refractivity contribution in [1.29, 1.82) is 0 Å². The van der Waals surface area contributed by atoms with Crippen molar-refractivity contribution in [3.05, 3.63) is 52.2 Å². The van der Waals surface area contributed by atoms with Crippen molar-refractivity contribution >= 4 is 23.5 Å². The molecule has 2 rings (SSSR count). The quantitative estimate of drug-likeness (QED) is 0.653. The summed E-state index contributed by atoms with van der Waals surface area (Å²) in [6.45, 7) is 0. The third-order valence-corrected chi connectivity index (χ3v) is 3.12. The highest BCUT2D eigenvalue weighted by Crippen LogP contribution is 2.12. The number of carbonyl (C=O) groups excluding carboxylic acids is 1. The van der Waals surface area contributed by atoms with Gasteiger partial charge in [-0.05, 0) is 23.6 Å². The molecule has 1 aromatic carbocycles. The van der Waals surface area contributed by atoms with Crippen LogP contribution in [0.1, 0.15) is 10.4 Å². The van der Waals surface area contributed by atoms with Crippen LogP contribution in [-0.4, -0.2) is 17.2 Å². The van der Waals surface area contributed by atoms with Crippen LogP contribution in [0.5, 0.6) is 5.75 Å². The summed E-state index contributed by atoms with van der Waals surface area (Å²) in [6.07, 6.45) is 1.73. The fraction of sp³-hybridized carbons (Fsp3) is 0.0769. The number of hydrazone groups is 1. The Bertz CT molecular complexity index is 550. The van der Waals surface area contributed by atoms with Crippen molar-refractivity contribution < 1.29 is 9.90 Å². The number of aromatic hydroxyl groups is 1. The summed E-state index contributed by atoms with van der Waals surface area (Å²) >= 11 is 1.53. The normalized spacial score (nSPS) is 10.7. The molecule has 0 radical (unpaired) electrons. The minimum Gasteiger partial charge on any atom is -0.507 e. The summed E-state index contributed by atoms with van der Waals surface area (Å²) in [5.74, 6) is -0.0436. The van der Waals surface area contributed by atoms with Gasteiger partial charge in [0.1, 0.15) is 5.75 Å². The van der Waals surface area contributed by atoms with Gasteiger partial charge in [0.15, 0.2) is 0 Å². The molecule has 2 aromatic rings. The van der Waals surface area contributed by atoms with Crippen LogP contribution in [0.15, 0.2) is 46.9 Å². The zero-order valence-electron chi connectivity index (χ0n) is 9.54. The molecule has 0 aliphatic heterocycles. The van der Waals surface area contributed by atoms with Crippen molar-refractivity contribution in [1.82, 2.24) is 5.43 Å². The average molecular weight is 260 g/mol. The number of thiophene rings is 1. The summed E-state index contributed by atoms with van der Waals surface area (Å²) < 4.78 is 0. The van der Waals surface area contributed by atoms with Crippen LogP contribution in [0.25, 0.3) is 0 Å². The van der Waals surface area contributed by atoms with Crippen LogP contribution >= 0.6 is 11.3 Å². The Kier molecular flexibility index (Phi) is 4.09. The first-order valence-corrected chi connectivity index (χ1v) is 6.26. The molecule has 5 heteroatoms. The molecule has 92 valence electrons. The molecule has 0 unspecified atom stereocenters. The van der Waals surface area contributed by atoms with E-state index in [9.17, 15) is 9.90 Å². The van der Waals surface area contributed by atoms with Crippen molar-refractivity contribution in [2.24, 2.45) is 5.10 Å². The van der Waals surface area contributed by atoms with E-state index in [0.29, 0.717) is 12.0 Å². The monoisotopic (exact) mass is 260 g/mol. The second kappa shape index (κ2) is 5.97. The number of nitrogens with zero attached hydrogens (tertiary/aromatic N) is 1. The Morgan fingerprint density at radius 1 is 1.33 bits per heavy atom. The van der Waals surface area contributed by atoms with Gasteiger partial charge < -0.3 is 5.11 Å². The molecule has 0 aliphatic carbocycles. The number of phenols is 1. The van der Waals surface area contributed by atoms with Gasteiger partial charge in [-0.1, -0.05) is 18.2 Å². The van der Waals surface area contributed by atoms with Gasteiger partial charge in [0.2, 0.25) is 5.91 Å². The van der Waals surface area contributed by atoms with Gasteiger partial charge in [-0.2, -0.15) is 5.10 Å². The number of carbonyl (C=O) groups is 1. The van der Waals surface area contributed by atoms with Crippen molar-refractivity contribution in [3.63, 3.8) is 0 Å². The summed E-state index contributed by atoms with van der Waals surface area (Å²) in [5, 5.41) is 15.2. The van der Waals surface area contributed by atoms with Crippen LogP contribution in [0.3, 0.4) is 0 Å². The Morgan fingerprint density at radius 3 is 2.89 bits per heavy atom. The predicted molar refractivity (Wildman–Crippen MR) is 71.9 cm³/mol. The molecule has 1 aromatic heterocycles. The van der Waals surface area contributed by atoms with Crippen LogP contribution in [0.4, 0.5) is 0 Å². The lowest BCUT2D eigenvalue weighted by Gasteiger charge is -1.98.